The summed E-state index contributed by atoms with van der Waals surface area (Å²) >= 11 is 8.88. The minimum atomic E-state index is -1.12. The quantitative estimate of drug-likeness (QED) is 0.891. The molecule has 19 heavy (non-hydrogen) atoms. The maximum atomic E-state index is 11.9. The molecule has 0 spiro atoms. The summed E-state index contributed by atoms with van der Waals surface area (Å²) in [4.78, 5) is 22.8. The maximum Gasteiger partial charge on any atom is 0.335 e. The Bertz CT molecular complexity index is 653. The molecule has 1 aromatic heterocycles. The van der Waals surface area contributed by atoms with E-state index in [9.17, 15) is 9.59 Å². The average molecular weight is 345 g/mol. The van der Waals surface area contributed by atoms with Crippen molar-refractivity contribution in [2.45, 2.75) is 0 Å². The summed E-state index contributed by atoms with van der Waals surface area (Å²) in [7, 11) is 0. The van der Waals surface area contributed by atoms with Gasteiger partial charge in [0.05, 0.1) is 17.4 Å². The standard InChI is InChI=1S/C12H7BrClNO4/c13-10-9(1-2-19-10)11(16)15-8-4-6(12(17)18)3-7(14)5-8/h1-5H,(H,15,16)(H,17,18). The van der Waals surface area contributed by atoms with Gasteiger partial charge in [0.1, 0.15) is 0 Å². The Hall–Kier alpha value is -1.79. The zero-order valence-corrected chi connectivity index (χ0v) is 11.7. The van der Waals surface area contributed by atoms with E-state index in [1.807, 2.05) is 0 Å². The highest BCUT2D eigenvalue weighted by atomic mass is 79.9. The molecule has 0 aliphatic rings. The molecular weight excluding hydrogens is 337 g/mol. The fourth-order valence-electron chi connectivity index (χ4n) is 1.44. The lowest BCUT2D eigenvalue weighted by molar-refractivity contribution is 0.0696. The molecule has 0 unspecified atom stereocenters. The van der Waals surface area contributed by atoms with Gasteiger partial charge in [0, 0.05) is 10.7 Å². The predicted molar refractivity (Wildman–Crippen MR) is 72.8 cm³/mol. The minimum Gasteiger partial charge on any atom is -0.478 e. The number of hydrogen-bond acceptors (Lipinski definition) is 3. The van der Waals surface area contributed by atoms with Gasteiger partial charge in [0.25, 0.3) is 5.91 Å². The second-order valence-corrected chi connectivity index (χ2v) is 4.75. The van der Waals surface area contributed by atoms with Gasteiger partial charge in [0.15, 0.2) is 4.67 Å². The van der Waals surface area contributed by atoms with Crippen molar-refractivity contribution in [3.8, 4) is 0 Å². The number of benzene rings is 1. The molecule has 0 aliphatic carbocycles. The van der Waals surface area contributed by atoms with E-state index in [2.05, 4.69) is 21.2 Å². The third-order valence-corrected chi connectivity index (χ3v) is 3.10. The van der Waals surface area contributed by atoms with Gasteiger partial charge in [-0.25, -0.2) is 4.79 Å². The number of carboxylic acids is 1. The molecule has 0 atom stereocenters. The second kappa shape index (κ2) is 5.46. The lowest BCUT2D eigenvalue weighted by Gasteiger charge is -2.06. The van der Waals surface area contributed by atoms with Gasteiger partial charge in [-0.2, -0.15) is 0 Å². The van der Waals surface area contributed by atoms with Crippen molar-refractivity contribution in [2.75, 3.05) is 5.32 Å². The number of furan rings is 1. The average Bonchev–Trinajstić information content (AvgIpc) is 2.74. The Labute approximate surface area is 121 Å². The fourth-order valence-corrected chi connectivity index (χ4v) is 2.09. The van der Waals surface area contributed by atoms with Crippen LogP contribution in [0.3, 0.4) is 0 Å². The minimum absolute atomic E-state index is 0.00550. The van der Waals surface area contributed by atoms with E-state index in [-0.39, 0.29) is 10.6 Å². The van der Waals surface area contributed by atoms with Crippen molar-refractivity contribution in [1.82, 2.24) is 0 Å². The first-order chi connectivity index (χ1) is 8.97. The molecule has 1 amide bonds. The van der Waals surface area contributed by atoms with Crippen LogP contribution in [0.5, 0.6) is 0 Å². The largest absolute Gasteiger partial charge is 0.478 e. The monoisotopic (exact) mass is 343 g/mol. The van der Waals surface area contributed by atoms with Gasteiger partial charge in [0.2, 0.25) is 0 Å². The molecule has 0 aliphatic heterocycles. The van der Waals surface area contributed by atoms with Crippen molar-refractivity contribution < 1.29 is 19.1 Å². The molecule has 1 aromatic carbocycles. The van der Waals surface area contributed by atoms with E-state index >= 15 is 0 Å². The Morgan fingerprint density at radius 1 is 1.32 bits per heavy atom. The van der Waals surface area contributed by atoms with Crippen LogP contribution in [-0.4, -0.2) is 17.0 Å². The van der Waals surface area contributed by atoms with E-state index in [4.69, 9.17) is 21.1 Å². The highest BCUT2D eigenvalue weighted by Gasteiger charge is 2.14. The van der Waals surface area contributed by atoms with Gasteiger partial charge in [-0.05, 0) is 40.2 Å². The maximum absolute atomic E-state index is 11.9. The second-order valence-electron chi connectivity index (χ2n) is 3.60. The number of aromatic carboxylic acids is 1. The lowest BCUT2D eigenvalue weighted by atomic mass is 10.2. The highest BCUT2D eigenvalue weighted by molar-refractivity contribution is 9.10. The molecule has 2 N–H and O–H groups in total. The molecule has 0 radical (unpaired) electrons. The summed E-state index contributed by atoms with van der Waals surface area (Å²) in [5.41, 5.74) is 0.592. The van der Waals surface area contributed by atoms with Crippen LogP contribution in [0.4, 0.5) is 5.69 Å². The van der Waals surface area contributed by atoms with Gasteiger partial charge < -0.3 is 14.8 Å². The first-order valence-electron chi connectivity index (χ1n) is 5.05. The Balaban J connectivity index is 2.26. The number of amides is 1. The third-order valence-electron chi connectivity index (χ3n) is 2.27. The van der Waals surface area contributed by atoms with Crippen LogP contribution in [0.2, 0.25) is 5.02 Å². The molecule has 7 heteroatoms. The van der Waals surface area contributed by atoms with Crippen LogP contribution >= 0.6 is 27.5 Å². The smallest absolute Gasteiger partial charge is 0.335 e. The normalized spacial score (nSPS) is 10.2. The zero-order chi connectivity index (χ0) is 14.0. The summed E-state index contributed by atoms with van der Waals surface area (Å²) < 4.78 is 5.24. The summed E-state index contributed by atoms with van der Waals surface area (Å²) in [6, 6.07) is 5.56. The van der Waals surface area contributed by atoms with Crippen molar-refractivity contribution in [2.24, 2.45) is 0 Å². The number of carbonyl (C=O) groups excluding carboxylic acids is 1. The van der Waals surface area contributed by atoms with Crippen LogP contribution in [0, 0.1) is 0 Å². The SMILES string of the molecule is O=C(O)c1cc(Cl)cc(NC(=O)c2ccoc2Br)c1. The van der Waals surface area contributed by atoms with Crippen LogP contribution < -0.4 is 5.32 Å². The molecule has 0 saturated heterocycles. The molecule has 0 bridgehead atoms. The summed E-state index contributed by atoms with van der Waals surface area (Å²) in [6.45, 7) is 0. The van der Waals surface area contributed by atoms with E-state index in [1.54, 1.807) is 0 Å². The Morgan fingerprint density at radius 3 is 2.63 bits per heavy atom. The Kier molecular flexibility index (Phi) is 3.92. The highest BCUT2D eigenvalue weighted by Crippen LogP contribution is 2.22. The summed E-state index contributed by atoms with van der Waals surface area (Å²) in [5, 5.41) is 11.7. The molecule has 0 saturated carbocycles. The number of carboxylic acid groups (broad SMARTS) is 1. The number of rotatable bonds is 3. The van der Waals surface area contributed by atoms with E-state index in [0.717, 1.165) is 0 Å². The summed E-state index contributed by atoms with van der Waals surface area (Å²) in [6.07, 6.45) is 1.36. The van der Waals surface area contributed by atoms with E-state index in [0.29, 0.717) is 15.9 Å². The third kappa shape index (κ3) is 3.15. The topological polar surface area (TPSA) is 79.5 Å². The Morgan fingerprint density at radius 2 is 2.05 bits per heavy atom. The van der Waals surface area contributed by atoms with Crippen molar-refractivity contribution in [3.63, 3.8) is 0 Å². The lowest BCUT2D eigenvalue weighted by Crippen LogP contribution is -2.12. The van der Waals surface area contributed by atoms with Gasteiger partial charge in [-0.1, -0.05) is 11.6 Å². The van der Waals surface area contributed by atoms with Gasteiger partial charge in [-0.15, -0.1) is 0 Å². The molecule has 2 aromatic rings. The fraction of sp³-hybridized carbons (Fsp3) is 0. The molecule has 5 nitrogen and oxygen atoms in total. The predicted octanol–water partition coefficient (Wildman–Crippen LogP) is 3.65. The molecule has 1 heterocycles. The number of hydrogen-bond donors (Lipinski definition) is 2. The van der Waals surface area contributed by atoms with Crippen LogP contribution in [-0.2, 0) is 0 Å². The number of nitrogens with one attached hydrogen (secondary N) is 1. The van der Waals surface area contributed by atoms with Crippen LogP contribution in [0.1, 0.15) is 20.7 Å². The van der Waals surface area contributed by atoms with E-state index in [1.165, 1.54) is 30.5 Å². The number of carbonyl (C=O) groups is 2. The molecule has 0 fully saturated rings. The van der Waals surface area contributed by atoms with Crippen LogP contribution in [0.25, 0.3) is 0 Å². The number of anilines is 1. The molecule has 98 valence electrons. The van der Waals surface area contributed by atoms with Gasteiger partial charge in [-0.3, -0.25) is 4.79 Å². The molecular formula is C12H7BrClNO4. The van der Waals surface area contributed by atoms with Crippen molar-refractivity contribution >= 4 is 45.1 Å². The number of halogens is 2. The van der Waals surface area contributed by atoms with E-state index < -0.39 is 11.9 Å². The van der Waals surface area contributed by atoms with Crippen molar-refractivity contribution in [1.29, 1.82) is 0 Å². The molecule has 2 rings (SSSR count). The van der Waals surface area contributed by atoms with Crippen molar-refractivity contribution in [3.05, 3.63) is 51.3 Å². The zero-order valence-electron chi connectivity index (χ0n) is 9.31. The van der Waals surface area contributed by atoms with Crippen LogP contribution in [0.15, 0.2) is 39.6 Å². The summed E-state index contributed by atoms with van der Waals surface area (Å²) in [5.74, 6) is -1.55. The first-order valence-corrected chi connectivity index (χ1v) is 6.22. The van der Waals surface area contributed by atoms with Gasteiger partial charge >= 0.3 is 5.97 Å². The first kappa shape index (κ1) is 13.6.